The number of rotatable bonds is 7. The number of carbonyl (C=O) groups is 1. The van der Waals surface area contributed by atoms with Crippen LogP contribution >= 0.6 is 0 Å². The molecule has 0 unspecified atom stereocenters. The monoisotopic (exact) mass is 510 g/mol. The van der Waals surface area contributed by atoms with Gasteiger partial charge in [0.05, 0.1) is 36.9 Å². The fraction of sp³-hybridized carbons (Fsp3) is 0.947. The molecule has 0 spiro atoms. The summed E-state index contributed by atoms with van der Waals surface area (Å²) in [6.07, 6.45) is -12.0. The number of nitrogens with two attached hydrogens (primary N) is 5. The van der Waals surface area contributed by atoms with Crippen LogP contribution in [0.4, 0.5) is 4.79 Å². The van der Waals surface area contributed by atoms with Gasteiger partial charge in [-0.3, -0.25) is 0 Å². The van der Waals surface area contributed by atoms with Crippen molar-refractivity contribution in [1.29, 1.82) is 0 Å². The Morgan fingerprint density at radius 3 is 2.11 bits per heavy atom. The maximum absolute atomic E-state index is 11.6. The highest BCUT2D eigenvalue weighted by Gasteiger charge is 2.51. The van der Waals surface area contributed by atoms with E-state index >= 15 is 0 Å². The Hall–Kier alpha value is -1.25. The quantitative estimate of drug-likeness (QED) is 0.152. The molecule has 35 heavy (non-hydrogen) atoms. The van der Waals surface area contributed by atoms with Gasteiger partial charge < -0.3 is 78.5 Å². The first kappa shape index (κ1) is 28.3. The van der Waals surface area contributed by atoms with Crippen molar-refractivity contribution in [1.82, 2.24) is 5.32 Å². The third-order valence-electron chi connectivity index (χ3n) is 6.70. The lowest BCUT2D eigenvalue weighted by Crippen LogP contribution is -2.69. The molecule has 0 bridgehead atoms. The van der Waals surface area contributed by atoms with Crippen molar-refractivity contribution in [2.75, 3.05) is 13.2 Å². The minimum atomic E-state index is -1.51. The van der Waals surface area contributed by atoms with E-state index in [4.69, 9.17) is 47.6 Å². The van der Waals surface area contributed by atoms with E-state index in [9.17, 15) is 30.3 Å². The van der Waals surface area contributed by atoms with E-state index in [1.165, 1.54) is 0 Å². The van der Waals surface area contributed by atoms with Crippen molar-refractivity contribution in [2.24, 2.45) is 28.7 Å². The Morgan fingerprint density at radius 1 is 0.886 bits per heavy atom. The van der Waals surface area contributed by atoms with Gasteiger partial charge in [0.1, 0.15) is 36.6 Å². The molecular weight excluding hydrogens is 472 g/mol. The SMILES string of the molecule is NC[C@H]1O[C@H](O[C@H]2[C@H](O)[C@@H](O[C@@H]3O[C@@H](CO)[C@H](O)[C@@H](N)[C@@H]3O)[C@H](N)C[C@@H]2NC(N)=O)[C@H](N)C[C@@H]1O. The normalized spacial score (nSPS) is 48.9. The summed E-state index contributed by atoms with van der Waals surface area (Å²) >= 11 is 0. The van der Waals surface area contributed by atoms with Gasteiger partial charge in [0.2, 0.25) is 0 Å². The summed E-state index contributed by atoms with van der Waals surface area (Å²) in [6, 6.07) is -4.64. The van der Waals surface area contributed by atoms with Crippen LogP contribution in [0.1, 0.15) is 12.8 Å². The number of aliphatic hydroxyl groups excluding tert-OH is 5. The van der Waals surface area contributed by atoms with Crippen LogP contribution in [0.3, 0.4) is 0 Å². The molecule has 0 radical (unpaired) electrons. The molecule has 16 heteroatoms. The summed E-state index contributed by atoms with van der Waals surface area (Å²) in [6.45, 7) is -0.599. The van der Waals surface area contributed by atoms with Crippen molar-refractivity contribution < 1.29 is 49.3 Å². The number of ether oxygens (including phenoxy) is 4. The fourth-order valence-corrected chi connectivity index (χ4v) is 4.71. The molecular formula is C19H38N6O10. The molecule has 2 amide bonds. The zero-order valence-corrected chi connectivity index (χ0v) is 19.1. The molecule has 3 fully saturated rings. The van der Waals surface area contributed by atoms with E-state index in [0.717, 1.165) is 0 Å². The van der Waals surface area contributed by atoms with Gasteiger partial charge in [-0.2, -0.15) is 0 Å². The first-order chi connectivity index (χ1) is 16.5. The van der Waals surface area contributed by atoms with E-state index in [-0.39, 0.29) is 19.4 Å². The number of primary amides is 1. The average molecular weight is 511 g/mol. The Balaban J connectivity index is 1.78. The molecule has 2 saturated heterocycles. The summed E-state index contributed by atoms with van der Waals surface area (Å²) in [7, 11) is 0. The fourth-order valence-electron chi connectivity index (χ4n) is 4.71. The van der Waals surface area contributed by atoms with Crippen molar-refractivity contribution in [3.63, 3.8) is 0 Å². The molecule has 16 nitrogen and oxygen atoms in total. The molecule has 3 rings (SSSR count). The Morgan fingerprint density at radius 2 is 1.51 bits per heavy atom. The molecule has 0 aromatic carbocycles. The molecule has 0 aromatic heterocycles. The molecule has 16 N–H and O–H groups in total. The minimum absolute atomic E-state index is 0.00439. The number of hydrogen-bond donors (Lipinski definition) is 11. The largest absolute Gasteiger partial charge is 0.394 e. The van der Waals surface area contributed by atoms with Gasteiger partial charge in [-0.1, -0.05) is 0 Å². The Bertz CT molecular complexity index is 709. The van der Waals surface area contributed by atoms with E-state index < -0.39 is 98.2 Å². The molecule has 2 aliphatic heterocycles. The second-order valence-corrected chi connectivity index (χ2v) is 9.24. The summed E-state index contributed by atoms with van der Waals surface area (Å²) in [5.41, 5.74) is 29.0. The lowest BCUT2D eigenvalue weighted by atomic mass is 9.83. The number of carbonyl (C=O) groups excluding carboxylic acids is 1. The molecule has 3 aliphatic rings. The third-order valence-corrected chi connectivity index (χ3v) is 6.70. The van der Waals surface area contributed by atoms with E-state index in [2.05, 4.69) is 5.32 Å². The smallest absolute Gasteiger partial charge is 0.312 e. The first-order valence-corrected chi connectivity index (χ1v) is 11.5. The van der Waals surface area contributed by atoms with Crippen LogP contribution in [0.2, 0.25) is 0 Å². The van der Waals surface area contributed by atoms with Crippen LogP contribution < -0.4 is 34.0 Å². The number of nitrogens with one attached hydrogen (secondary N) is 1. The van der Waals surface area contributed by atoms with Crippen LogP contribution in [-0.2, 0) is 18.9 Å². The van der Waals surface area contributed by atoms with E-state index in [1.807, 2.05) is 0 Å². The minimum Gasteiger partial charge on any atom is -0.394 e. The zero-order chi connectivity index (χ0) is 26.0. The zero-order valence-electron chi connectivity index (χ0n) is 19.1. The summed E-state index contributed by atoms with van der Waals surface area (Å²) < 4.78 is 22.8. The third kappa shape index (κ3) is 6.19. The van der Waals surface area contributed by atoms with Crippen molar-refractivity contribution in [3.8, 4) is 0 Å². The molecule has 2 heterocycles. The van der Waals surface area contributed by atoms with E-state index in [1.54, 1.807) is 0 Å². The highest BCUT2D eigenvalue weighted by Crippen LogP contribution is 2.31. The maximum Gasteiger partial charge on any atom is 0.312 e. The summed E-state index contributed by atoms with van der Waals surface area (Å²) in [5, 5.41) is 53.6. The van der Waals surface area contributed by atoms with Gasteiger partial charge in [-0.15, -0.1) is 0 Å². The predicted molar refractivity (Wildman–Crippen MR) is 117 cm³/mol. The van der Waals surface area contributed by atoms with Crippen molar-refractivity contribution >= 4 is 6.03 Å². The molecule has 204 valence electrons. The predicted octanol–water partition coefficient (Wildman–Crippen LogP) is -6.59. The second kappa shape index (κ2) is 11.9. The molecule has 14 atom stereocenters. The highest BCUT2D eigenvalue weighted by molar-refractivity contribution is 5.72. The average Bonchev–Trinajstić information content (AvgIpc) is 2.79. The number of aliphatic hydroxyl groups is 5. The Kier molecular flexibility index (Phi) is 9.60. The second-order valence-electron chi connectivity index (χ2n) is 9.24. The Labute approximate surface area is 201 Å². The van der Waals surface area contributed by atoms with Gasteiger partial charge in [-0.05, 0) is 12.8 Å². The van der Waals surface area contributed by atoms with Gasteiger partial charge in [-0.25, -0.2) is 4.79 Å². The maximum atomic E-state index is 11.6. The topological polar surface area (TPSA) is 297 Å². The number of hydrogen-bond acceptors (Lipinski definition) is 14. The highest BCUT2D eigenvalue weighted by atomic mass is 16.7. The standard InChI is InChI=1S/C19H38N6O10/c20-3-9-8(27)2-6(22)17(32-9)35-16-7(25-19(24)31)1-5(21)15(14(16)30)34-18-13(29)11(23)12(28)10(4-26)33-18/h5-18,26-30H,1-4,20-23H2,(H3,24,25,31)/t5-,6-,7+,8+,9-,10+,11-,12+,13+,14-,15+,16-,17-,18+/m1/s1. The molecule has 1 saturated carbocycles. The summed E-state index contributed by atoms with van der Waals surface area (Å²) in [4.78, 5) is 11.6. The van der Waals surface area contributed by atoms with Crippen LogP contribution in [0.5, 0.6) is 0 Å². The van der Waals surface area contributed by atoms with Crippen molar-refractivity contribution in [2.45, 2.75) is 98.4 Å². The van der Waals surface area contributed by atoms with Crippen LogP contribution in [0.15, 0.2) is 0 Å². The molecule has 1 aliphatic carbocycles. The van der Waals surface area contributed by atoms with Crippen LogP contribution in [-0.4, -0.2) is 130 Å². The number of amides is 2. The van der Waals surface area contributed by atoms with Crippen LogP contribution in [0, 0.1) is 0 Å². The van der Waals surface area contributed by atoms with Gasteiger partial charge in [0.15, 0.2) is 12.6 Å². The number of urea groups is 1. The van der Waals surface area contributed by atoms with E-state index in [0.29, 0.717) is 0 Å². The van der Waals surface area contributed by atoms with Gasteiger partial charge >= 0.3 is 6.03 Å². The lowest BCUT2D eigenvalue weighted by Gasteiger charge is -2.48. The van der Waals surface area contributed by atoms with Crippen molar-refractivity contribution in [3.05, 3.63) is 0 Å². The first-order valence-electron chi connectivity index (χ1n) is 11.5. The van der Waals surface area contributed by atoms with Gasteiger partial charge in [0.25, 0.3) is 0 Å². The lowest BCUT2D eigenvalue weighted by molar-refractivity contribution is -0.315. The van der Waals surface area contributed by atoms with Gasteiger partial charge in [0, 0.05) is 12.6 Å². The summed E-state index contributed by atoms with van der Waals surface area (Å²) in [5.74, 6) is 0. The molecule has 0 aromatic rings. The van der Waals surface area contributed by atoms with Crippen LogP contribution in [0.25, 0.3) is 0 Å².